The van der Waals surface area contributed by atoms with Crippen molar-refractivity contribution in [1.82, 2.24) is 0 Å². The maximum absolute atomic E-state index is 5.85. The van der Waals surface area contributed by atoms with Gasteiger partial charge in [0.1, 0.15) is 0 Å². The molecule has 2 rings (SSSR count). The normalized spacial score (nSPS) is 16.6. The average Bonchev–Trinajstić information content (AvgIpc) is 2.41. The van der Waals surface area contributed by atoms with Gasteiger partial charge in [0.05, 0.1) is 34.5 Å². The fraction of sp³-hybridized carbons (Fsp3) is 0.571. The van der Waals surface area contributed by atoms with E-state index < -0.39 is 0 Å². The van der Waals surface area contributed by atoms with Gasteiger partial charge >= 0.3 is 0 Å². The van der Waals surface area contributed by atoms with Crippen LogP contribution in [0.3, 0.4) is 0 Å². The van der Waals surface area contributed by atoms with Gasteiger partial charge in [-0.15, -0.1) is 0 Å². The lowest BCUT2D eigenvalue weighted by Crippen LogP contribution is -2.49. The largest absolute Gasteiger partial charge is 0.493 e. The van der Waals surface area contributed by atoms with Gasteiger partial charge in [-0.2, -0.15) is 0 Å². The Kier molecular flexibility index (Phi) is 4.17. The molecule has 1 saturated heterocycles. The minimum atomic E-state index is 0.0462. The summed E-state index contributed by atoms with van der Waals surface area (Å²) in [5, 5.41) is 0. The third-order valence-electron chi connectivity index (χ3n) is 3.55. The van der Waals surface area contributed by atoms with E-state index in [0.717, 1.165) is 12.0 Å². The van der Waals surface area contributed by atoms with Crippen LogP contribution < -0.4 is 19.9 Å². The summed E-state index contributed by atoms with van der Waals surface area (Å²) in [6.45, 7) is 2.03. The van der Waals surface area contributed by atoms with Crippen LogP contribution in [0, 0.1) is 5.41 Å². The molecule has 2 N–H and O–H groups in total. The van der Waals surface area contributed by atoms with Crippen LogP contribution in [0.5, 0.6) is 17.2 Å². The first-order chi connectivity index (χ1) is 9.18. The summed E-state index contributed by atoms with van der Waals surface area (Å²) in [4.78, 5) is 0. The Bertz CT molecular complexity index is 413. The number of rotatable bonds is 6. The molecule has 0 atom stereocenters. The van der Waals surface area contributed by atoms with Crippen LogP contribution in [0.15, 0.2) is 12.1 Å². The Hall–Kier alpha value is -1.46. The second-order valence-corrected chi connectivity index (χ2v) is 4.91. The zero-order valence-electron chi connectivity index (χ0n) is 11.7. The van der Waals surface area contributed by atoms with E-state index in [-0.39, 0.29) is 5.41 Å². The third kappa shape index (κ3) is 2.62. The van der Waals surface area contributed by atoms with E-state index in [9.17, 15) is 0 Å². The molecule has 5 heteroatoms. The maximum Gasteiger partial charge on any atom is 0.203 e. The van der Waals surface area contributed by atoms with Gasteiger partial charge in [-0.1, -0.05) is 0 Å². The summed E-state index contributed by atoms with van der Waals surface area (Å²) in [5.41, 5.74) is 7.01. The first-order valence-corrected chi connectivity index (χ1v) is 6.25. The van der Waals surface area contributed by atoms with Crippen molar-refractivity contribution in [2.45, 2.75) is 6.42 Å². The molecule has 1 aliphatic heterocycles. The predicted octanol–water partition coefficient (Wildman–Crippen LogP) is 1.23. The molecule has 1 aliphatic rings. The van der Waals surface area contributed by atoms with E-state index in [2.05, 4.69) is 0 Å². The van der Waals surface area contributed by atoms with Gasteiger partial charge in [0.15, 0.2) is 11.5 Å². The molecular formula is C14H21NO4. The lowest BCUT2D eigenvalue weighted by Gasteiger charge is -2.40. The van der Waals surface area contributed by atoms with E-state index in [0.29, 0.717) is 37.0 Å². The molecule has 1 aromatic carbocycles. The van der Waals surface area contributed by atoms with E-state index in [1.165, 1.54) is 0 Å². The fourth-order valence-corrected chi connectivity index (χ4v) is 2.35. The van der Waals surface area contributed by atoms with Crippen molar-refractivity contribution in [2.24, 2.45) is 11.1 Å². The quantitative estimate of drug-likeness (QED) is 0.840. The molecule has 0 radical (unpaired) electrons. The Labute approximate surface area is 113 Å². The third-order valence-corrected chi connectivity index (χ3v) is 3.55. The van der Waals surface area contributed by atoms with Gasteiger partial charge in [0, 0.05) is 12.0 Å². The summed E-state index contributed by atoms with van der Waals surface area (Å²) < 4.78 is 21.3. The summed E-state index contributed by atoms with van der Waals surface area (Å²) >= 11 is 0. The highest BCUT2D eigenvalue weighted by Gasteiger charge is 2.37. The lowest BCUT2D eigenvalue weighted by molar-refractivity contribution is -0.106. The van der Waals surface area contributed by atoms with Crippen LogP contribution in [-0.4, -0.2) is 41.1 Å². The monoisotopic (exact) mass is 267 g/mol. The minimum absolute atomic E-state index is 0.0462. The molecule has 106 valence electrons. The van der Waals surface area contributed by atoms with Crippen LogP contribution in [0.4, 0.5) is 0 Å². The summed E-state index contributed by atoms with van der Waals surface area (Å²) in [6.07, 6.45) is 0.847. The average molecular weight is 267 g/mol. The predicted molar refractivity (Wildman–Crippen MR) is 72.1 cm³/mol. The van der Waals surface area contributed by atoms with Crippen LogP contribution in [0.1, 0.15) is 5.56 Å². The Morgan fingerprint density at radius 2 is 1.68 bits per heavy atom. The van der Waals surface area contributed by atoms with Gasteiger partial charge in [-0.05, 0) is 24.1 Å². The molecule has 0 aliphatic carbocycles. The highest BCUT2D eigenvalue weighted by atomic mass is 16.5. The van der Waals surface area contributed by atoms with Gasteiger partial charge in [-0.3, -0.25) is 0 Å². The molecule has 0 spiro atoms. The van der Waals surface area contributed by atoms with Gasteiger partial charge in [0.2, 0.25) is 5.75 Å². The van der Waals surface area contributed by atoms with Gasteiger partial charge < -0.3 is 24.7 Å². The number of ether oxygens (including phenoxy) is 4. The van der Waals surface area contributed by atoms with Gasteiger partial charge in [-0.25, -0.2) is 0 Å². The van der Waals surface area contributed by atoms with Crippen molar-refractivity contribution in [2.75, 3.05) is 41.1 Å². The number of nitrogens with two attached hydrogens (primary N) is 1. The standard InChI is InChI=1S/C14H21NO4/c1-16-11-4-10(5-12(17-2)13(11)18-3)6-14(7-15)8-19-9-14/h4-5H,6-9,15H2,1-3H3. The molecule has 0 bridgehead atoms. The van der Waals surface area contributed by atoms with Crippen LogP contribution >= 0.6 is 0 Å². The van der Waals surface area contributed by atoms with E-state index >= 15 is 0 Å². The molecule has 0 saturated carbocycles. The smallest absolute Gasteiger partial charge is 0.203 e. The van der Waals surface area contributed by atoms with Crippen molar-refractivity contribution in [1.29, 1.82) is 0 Å². The topological polar surface area (TPSA) is 62.9 Å². The highest BCUT2D eigenvalue weighted by Crippen LogP contribution is 2.40. The number of methoxy groups -OCH3 is 3. The van der Waals surface area contributed by atoms with Crippen molar-refractivity contribution >= 4 is 0 Å². The lowest BCUT2D eigenvalue weighted by atomic mass is 9.80. The summed E-state index contributed by atoms with van der Waals surface area (Å²) in [5.74, 6) is 1.95. The van der Waals surface area contributed by atoms with Crippen molar-refractivity contribution in [3.05, 3.63) is 17.7 Å². The summed E-state index contributed by atoms with van der Waals surface area (Å²) in [7, 11) is 4.83. The molecule has 0 unspecified atom stereocenters. The maximum atomic E-state index is 5.85. The number of hydrogen-bond donors (Lipinski definition) is 1. The molecule has 1 fully saturated rings. The Morgan fingerprint density at radius 3 is 2.00 bits per heavy atom. The number of hydrogen-bond acceptors (Lipinski definition) is 5. The zero-order chi connectivity index (χ0) is 13.9. The van der Waals surface area contributed by atoms with Crippen molar-refractivity contribution in [3.8, 4) is 17.2 Å². The minimum Gasteiger partial charge on any atom is -0.493 e. The second kappa shape index (κ2) is 5.67. The van der Waals surface area contributed by atoms with Gasteiger partial charge in [0.25, 0.3) is 0 Å². The van der Waals surface area contributed by atoms with Crippen LogP contribution in [-0.2, 0) is 11.2 Å². The van der Waals surface area contributed by atoms with Crippen LogP contribution in [0.25, 0.3) is 0 Å². The number of benzene rings is 1. The SMILES string of the molecule is COc1cc(CC2(CN)COC2)cc(OC)c1OC. The molecular weight excluding hydrogens is 246 g/mol. The van der Waals surface area contributed by atoms with Crippen molar-refractivity contribution < 1.29 is 18.9 Å². The first-order valence-electron chi connectivity index (χ1n) is 6.25. The van der Waals surface area contributed by atoms with Crippen molar-refractivity contribution in [3.63, 3.8) is 0 Å². The molecule has 0 aromatic heterocycles. The second-order valence-electron chi connectivity index (χ2n) is 4.91. The molecule has 19 heavy (non-hydrogen) atoms. The molecule has 1 aromatic rings. The molecule has 0 amide bonds. The van der Waals surface area contributed by atoms with E-state index in [1.54, 1.807) is 21.3 Å². The van der Waals surface area contributed by atoms with Crippen LogP contribution in [0.2, 0.25) is 0 Å². The Morgan fingerprint density at radius 1 is 1.11 bits per heavy atom. The fourth-order valence-electron chi connectivity index (χ4n) is 2.35. The highest BCUT2D eigenvalue weighted by molar-refractivity contribution is 5.54. The Balaban J connectivity index is 2.30. The first kappa shape index (κ1) is 14.0. The molecule has 1 heterocycles. The summed E-state index contributed by atoms with van der Waals surface area (Å²) in [6, 6.07) is 3.94. The molecule has 5 nitrogen and oxygen atoms in total. The van der Waals surface area contributed by atoms with E-state index in [1.807, 2.05) is 12.1 Å². The zero-order valence-corrected chi connectivity index (χ0v) is 11.7. The van der Waals surface area contributed by atoms with E-state index in [4.69, 9.17) is 24.7 Å².